The van der Waals surface area contributed by atoms with E-state index in [-0.39, 0.29) is 0 Å². The van der Waals surface area contributed by atoms with E-state index in [4.69, 9.17) is 10.5 Å². The molecule has 0 amide bonds. The van der Waals surface area contributed by atoms with Gasteiger partial charge in [0.05, 0.1) is 0 Å². The van der Waals surface area contributed by atoms with Gasteiger partial charge in [0.15, 0.2) is 0 Å². The van der Waals surface area contributed by atoms with Gasteiger partial charge in [0.1, 0.15) is 18.2 Å². The van der Waals surface area contributed by atoms with Crippen molar-refractivity contribution in [2.45, 2.75) is 33.5 Å². The van der Waals surface area contributed by atoms with Crippen molar-refractivity contribution in [2.24, 2.45) is 5.73 Å². The van der Waals surface area contributed by atoms with Crippen molar-refractivity contribution < 1.29 is 4.74 Å². The van der Waals surface area contributed by atoms with Crippen molar-refractivity contribution in [3.63, 3.8) is 0 Å². The summed E-state index contributed by atoms with van der Waals surface area (Å²) in [5.41, 5.74) is 7.95. The molecule has 0 saturated heterocycles. The second kappa shape index (κ2) is 5.69. The van der Waals surface area contributed by atoms with E-state index < -0.39 is 0 Å². The molecule has 18 heavy (non-hydrogen) atoms. The van der Waals surface area contributed by atoms with Crippen LogP contribution in [0.25, 0.3) is 0 Å². The van der Waals surface area contributed by atoms with Crippen molar-refractivity contribution in [3.05, 3.63) is 47.5 Å². The fraction of sp³-hybridized carbons (Fsp3) is 0.357. The Morgan fingerprint density at radius 3 is 2.94 bits per heavy atom. The standard InChI is InChI=1S/C14H19N3O/c1-3-17-7-6-16-14(17)10-18-13-5-4-11(2)8-12(13)9-15/h4-8H,3,9-10,15H2,1-2H3. The minimum atomic E-state index is 0.469. The Morgan fingerprint density at radius 2 is 2.22 bits per heavy atom. The Morgan fingerprint density at radius 1 is 1.39 bits per heavy atom. The summed E-state index contributed by atoms with van der Waals surface area (Å²) in [6, 6.07) is 6.05. The molecule has 0 aliphatic carbocycles. The average molecular weight is 245 g/mol. The highest BCUT2D eigenvalue weighted by Gasteiger charge is 2.06. The highest BCUT2D eigenvalue weighted by molar-refractivity contribution is 5.36. The minimum Gasteiger partial charge on any atom is -0.485 e. The van der Waals surface area contributed by atoms with Gasteiger partial charge in [-0.25, -0.2) is 4.98 Å². The van der Waals surface area contributed by atoms with Crippen LogP contribution in [0, 0.1) is 6.92 Å². The lowest BCUT2D eigenvalue weighted by atomic mass is 10.1. The van der Waals surface area contributed by atoms with Crippen molar-refractivity contribution in [2.75, 3.05) is 0 Å². The zero-order valence-corrected chi connectivity index (χ0v) is 10.9. The number of rotatable bonds is 5. The number of hydrogen-bond acceptors (Lipinski definition) is 3. The van der Waals surface area contributed by atoms with Gasteiger partial charge in [0.25, 0.3) is 0 Å². The number of hydrogen-bond donors (Lipinski definition) is 1. The molecule has 1 aromatic heterocycles. The number of ether oxygens (including phenoxy) is 1. The van der Waals surface area contributed by atoms with Gasteiger partial charge >= 0.3 is 0 Å². The quantitative estimate of drug-likeness (QED) is 0.879. The Kier molecular flexibility index (Phi) is 3.99. The summed E-state index contributed by atoms with van der Waals surface area (Å²) >= 11 is 0. The Bertz CT molecular complexity index is 520. The molecule has 2 N–H and O–H groups in total. The fourth-order valence-electron chi connectivity index (χ4n) is 1.92. The third-order valence-corrected chi connectivity index (χ3v) is 2.94. The predicted molar refractivity (Wildman–Crippen MR) is 71.3 cm³/mol. The van der Waals surface area contributed by atoms with Gasteiger partial charge in [-0.3, -0.25) is 0 Å². The molecule has 0 bridgehead atoms. The van der Waals surface area contributed by atoms with E-state index >= 15 is 0 Å². The van der Waals surface area contributed by atoms with Crippen LogP contribution in [-0.2, 0) is 19.7 Å². The van der Waals surface area contributed by atoms with Gasteiger partial charge in [-0.2, -0.15) is 0 Å². The lowest BCUT2D eigenvalue weighted by Gasteiger charge is -2.11. The maximum absolute atomic E-state index is 5.81. The zero-order valence-electron chi connectivity index (χ0n) is 10.9. The smallest absolute Gasteiger partial charge is 0.146 e. The molecule has 0 fully saturated rings. The first-order valence-corrected chi connectivity index (χ1v) is 6.17. The number of benzene rings is 1. The monoisotopic (exact) mass is 245 g/mol. The third-order valence-electron chi connectivity index (χ3n) is 2.94. The third kappa shape index (κ3) is 2.71. The van der Waals surface area contributed by atoms with Crippen molar-refractivity contribution in [3.8, 4) is 5.75 Å². The van der Waals surface area contributed by atoms with Crippen LogP contribution in [0.4, 0.5) is 0 Å². The van der Waals surface area contributed by atoms with E-state index in [2.05, 4.69) is 22.5 Å². The first kappa shape index (κ1) is 12.6. The average Bonchev–Trinajstić information content (AvgIpc) is 2.84. The molecule has 0 spiro atoms. The number of imidazole rings is 1. The summed E-state index contributed by atoms with van der Waals surface area (Å²) in [6.45, 7) is 5.99. The Balaban J connectivity index is 2.10. The molecule has 96 valence electrons. The zero-order chi connectivity index (χ0) is 13.0. The van der Waals surface area contributed by atoms with Crippen LogP contribution in [0.3, 0.4) is 0 Å². The van der Waals surface area contributed by atoms with Crippen LogP contribution in [0.5, 0.6) is 5.75 Å². The maximum Gasteiger partial charge on any atom is 0.146 e. The normalized spacial score (nSPS) is 10.6. The van der Waals surface area contributed by atoms with E-state index in [1.54, 1.807) is 6.20 Å². The maximum atomic E-state index is 5.81. The predicted octanol–water partition coefficient (Wildman–Crippen LogP) is 2.25. The summed E-state index contributed by atoms with van der Waals surface area (Å²) in [7, 11) is 0. The van der Waals surface area contributed by atoms with Crippen molar-refractivity contribution >= 4 is 0 Å². The largest absolute Gasteiger partial charge is 0.485 e. The lowest BCUT2D eigenvalue weighted by Crippen LogP contribution is -2.07. The SMILES string of the molecule is CCn1ccnc1COc1ccc(C)cc1CN. The van der Waals surface area contributed by atoms with E-state index in [1.807, 2.05) is 25.3 Å². The molecule has 0 aliphatic rings. The molecule has 0 saturated carbocycles. The van der Waals surface area contributed by atoms with Gasteiger partial charge in [-0.1, -0.05) is 17.7 Å². The van der Waals surface area contributed by atoms with Crippen LogP contribution in [-0.4, -0.2) is 9.55 Å². The molecule has 2 aromatic rings. The molecule has 1 heterocycles. The van der Waals surface area contributed by atoms with E-state index in [0.717, 1.165) is 23.7 Å². The molecule has 4 nitrogen and oxygen atoms in total. The Labute approximate surface area is 107 Å². The van der Waals surface area contributed by atoms with Gasteiger partial charge in [-0.05, 0) is 19.9 Å². The fourth-order valence-corrected chi connectivity index (χ4v) is 1.92. The summed E-state index contributed by atoms with van der Waals surface area (Å²) in [5.74, 6) is 1.77. The van der Waals surface area contributed by atoms with Crippen molar-refractivity contribution in [1.29, 1.82) is 0 Å². The molecule has 1 aromatic carbocycles. The van der Waals surface area contributed by atoms with E-state index in [0.29, 0.717) is 13.2 Å². The summed E-state index contributed by atoms with van der Waals surface area (Å²) in [5, 5.41) is 0. The first-order chi connectivity index (χ1) is 8.74. The Hall–Kier alpha value is -1.81. The topological polar surface area (TPSA) is 53.1 Å². The van der Waals surface area contributed by atoms with Crippen LogP contribution in [0.1, 0.15) is 23.9 Å². The number of nitrogens with two attached hydrogens (primary N) is 1. The number of aryl methyl sites for hydroxylation is 2. The van der Waals surface area contributed by atoms with E-state index in [1.165, 1.54) is 5.56 Å². The van der Waals surface area contributed by atoms with Gasteiger partial charge in [-0.15, -0.1) is 0 Å². The molecular weight excluding hydrogens is 226 g/mol. The minimum absolute atomic E-state index is 0.469. The molecule has 0 unspecified atom stereocenters. The molecule has 0 atom stereocenters. The molecular formula is C14H19N3O. The van der Waals surface area contributed by atoms with Crippen LogP contribution in [0.2, 0.25) is 0 Å². The number of nitrogens with zero attached hydrogens (tertiary/aromatic N) is 2. The van der Waals surface area contributed by atoms with Crippen LogP contribution < -0.4 is 10.5 Å². The highest BCUT2D eigenvalue weighted by atomic mass is 16.5. The lowest BCUT2D eigenvalue weighted by molar-refractivity contribution is 0.287. The number of aromatic nitrogens is 2. The van der Waals surface area contributed by atoms with Crippen LogP contribution >= 0.6 is 0 Å². The summed E-state index contributed by atoms with van der Waals surface area (Å²) < 4.78 is 7.87. The summed E-state index contributed by atoms with van der Waals surface area (Å²) in [6.07, 6.45) is 3.75. The van der Waals surface area contributed by atoms with E-state index in [9.17, 15) is 0 Å². The van der Waals surface area contributed by atoms with Gasteiger partial charge in [0.2, 0.25) is 0 Å². The van der Waals surface area contributed by atoms with Gasteiger partial charge < -0.3 is 15.0 Å². The molecule has 0 radical (unpaired) electrons. The molecule has 4 heteroatoms. The second-order valence-electron chi connectivity index (χ2n) is 4.23. The molecule has 0 aliphatic heterocycles. The second-order valence-corrected chi connectivity index (χ2v) is 4.23. The van der Waals surface area contributed by atoms with Crippen LogP contribution in [0.15, 0.2) is 30.6 Å². The van der Waals surface area contributed by atoms with Gasteiger partial charge in [0, 0.05) is 31.0 Å². The highest BCUT2D eigenvalue weighted by Crippen LogP contribution is 2.20. The molecule has 2 rings (SSSR count). The van der Waals surface area contributed by atoms with Crippen molar-refractivity contribution in [1.82, 2.24) is 9.55 Å². The summed E-state index contributed by atoms with van der Waals surface area (Å²) in [4.78, 5) is 4.28. The first-order valence-electron chi connectivity index (χ1n) is 6.17.